The summed E-state index contributed by atoms with van der Waals surface area (Å²) in [6.45, 7) is 4.72. The molecule has 0 radical (unpaired) electrons. The largest absolute Gasteiger partial charge is 0.344 e. The zero-order valence-corrected chi connectivity index (χ0v) is 13.1. The van der Waals surface area contributed by atoms with Gasteiger partial charge >= 0.3 is 0 Å². The summed E-state index contributed by atoms with van der Waals surface area (Å²) in [6, 6.07) is 3.16. The molecule has 0 saturated heterocycles. The van der Waals surface area contributed by atoms with Crippen LogP contribution in [0.15, 0.2) is 17.5 Å². The van der Waals surface area contributed by atoms with E-state index >= 15 is 0 Å². The quantitative estimate of drug-likeness (QED) is 0.875. The number of nitrogens with zero attached hydrogens (tertiary/aromatic N) is 1. The van der Waals surface area contributed by atoms with Gasteiger partial charge in [-0.05, 0) is 36.1 Å². The summed E-state index contributed by atoms with van der Waals surface area (Å²) in [6.07, 6.45) is 2.43. The summed E-state index contributed by atoms with van der Waals surface area (Å²) in [5, 5.41) is 4.73. The van der Waals surface area contributed by atoms with Crippen LogP contribution < -0.4 is 5.32 Å². The number of carbonyl (C=O) groups excluding carboxylic acids is 2. The van der Waals surface area contributed by atoms with E-state index in [0.717, 1.165) is 6.54 Å². The molecule has 1 atom stereocenters. The van der Waals surface area contributed by atoms with Crippen LogP contribution in [0.2, 0.25) is 0 Å². The molecule has 1 heterocycles. The lowest BCUT2D eigenvalue weighted by Gasteiger charge is -2.27. The Labute approximate surface area is 124 Å². The van der Waals surface area contributed by atoms with Crippen LogP contribution in [-0.4, -0.2) is 36.3 Å². The van der Waals surface area contributed by atoms with E-state index in [1.807, 2.05) is 32.3 Å². The highest BCUT2D eigenvalue weighted by atomic mass is 32.1. The number of thiophene rings is 1. The number of nitrogens with one attached hydrogen (secondary N) is 1. The van der Waals surface area contributed by atoms with Crippen molar-refractivity contribution in [2.75, 3.05) is 13.6 Å². The summed E-state index contributed by atoms with van der Waals surface area (Å²) in [5.41, 5.74) is 0. The number of likely N-dealkylation sites (N-methyl/N-ethyl adjacent to an activating group) is 1. The molecule has 1 unspecified atom stereocenters. The number of amides is 2. The molecule has 5 heteroatoms. The summed E-state index contributed by atoms with van der Waals surface area (Å²) < 4.78 is 0. The van der Waals surface area contributed by atoms with E-state index in [9.17, 15) is 9.59 Å². The molecule has 2 amide bonds. The van der Waals surface area contributed by atoms with Crippen LogP contribution in [0.1, 0.15) is 36.4 Å². The van der Waals surface area contributed by atoms with Crippen LogP contribution in [0.5, 0.6) is 0 Å². The van der Waals surface area contributed by atoms with Gasteiger partial charge in [-0.2, -0.15) is 0 Å². The second kappa shape index (κ2) is 6.39. The maximum atomic E-state index is 12.5. The minimum absolute atomic E-state index is 0.0109. The monoisotopic (exact) mass is 294 g/mol. The lowest BCUT2D eigenvalue weighted by molar-refractivity contribution is -0.133. The SMILES string of the molecule is CC(C)C(NC(=O)c1cccs1)C(=O)N(C)CC1CC1. The van der Waals surface area contributed by atoms with E-state index in [1.54, 1.807) is 11.0 Å². The fourth-order valence-corrected chi connectivity index (χ4v) is 2.78. The standard InChI is InChI=1S/C15H22N2O2S/c1-10(2)13(15(19)17(3)9-11-6-7-11)16-14(18)12-5-4-8-20-12/h4-5,8,10-11,13H,6-7,9H2,1-3H3,(H,16,18). The Kier molecular flexibility index (Phi) is 4.81. The molecule has 1 fully saturated rings. The molecule has 2 rings (SSSR count). The van der Waals surface area contributed by atoms with Gasteiger partial charge in [-0.25, -0.2) is 0 Å². The average Bonchev–Trinajstić information content (AvgIpc) is 3.05. The fraction of sp³-hybridized carbons (Fsp3) is 0.600. The van der Waals surface area contributed by atoms with Gasteiger partial charge in [0.1, 0.15) is 6.04 Å². The van der Waals surface area contributed by atoms with Crippen LogP contribution in [0.25, 0.3) is 0 Å². The van der Waals surface area contributed by atoms with E-state index in [0.29, 0.717) is 10.8 Å². The Morgan fingerprint density at radius 3 is 2.65 bits per heavy atom. The maximum absolute atomic E-state index is 12.5. The van der Waals surface area contributed by atoms with Crippen LogP contribution in [0.3, 0.4) is 0 Å². The number of hydrogen-bond acceptors (Lipinski definition) is 3. The average molecular weight is 294 g/mol. The van der Waals surface area contributed by atoms with Crippen molar-refractivity contribution in [1.29, 1.82) is 0 Å². The molecule has 110 valence electrons. The predicted molar refractivity (Wildman–Crippen MR) is 80.8 cm³/mol. The molecule has 1 aliphatic rings. The molecule has 1 aromatic rings. The highest BCUT2D eigenvalue weighted by Crippen LogP contribution is 2.29. The number of carbonyl (C=O) groups is 2. The molecule has 4 nitrogen and oxygen atoms in total. The zero-order chi connectivity index (χ0) is 14.7. The number of hydrogen-bond donors (Lipinski definition) is 1. The van der Waals surface area contributed by atoms with Crippen LogP contribution in [0.4, 0.5) is 0 Å². The van der Waals surface area contributed by atoms with Gasteiger partial charge in [0.15, 0.2) is 0 Å². The molecular formula is C15H22N2O2S. The van der Waals surface area contributed by atoms with Gasteiger partial charge < -0.3 is 10.2 Å². The Hall–Kier alpha value is -1.36. The molecule has 0 bridgehead atoms. The van der Waals surface area contributed by atoms with Crippen molar-refractivity contribution in [3.63, 3.8) is 0 Å². The second-order valence-electron chi connectivity index (χ2n) is 5.83. The van der Waals surface area contributed by atoms with Crippen LogP contribution in [0, 0.1) is 11.8 Å². The van der Waals surface area contributed by atoms with Gasteiger partial charge in [0.25, 0.3) is 5.91 Å². The Bertz CT molecular complexity index is 466. The van der Waals surface area contributed by atoms with Crippen molar-refractivity contribution in [3.8, 4) is 0 Å². The van der Waals surface area contributed by atoms with Gasteiger partial charge in [0, 0.05) is 13.6 Å². The van der Waals surface area contributed by atoms with Gasteiger partial charge in [-0.15, -0.1) is 11.3 Å². The zero-order valence-electron chi connectivity index (χ0n) is 12.3. The molecule has 1 saturated carbocycles. The van der Waals surface area contributed by atoms with Crippen molar-refractivity contribution in [1.82, 2.24) is 10.2 Å². The first-order valence-electron chi connectivity index (χ1n) is 7.08. The fourth-order valence-electron chi connectivity index (χ4n) is 2.15. The topological polar surface area (TPSA) is 49.4 Å². The van der Waals surface area contributed by atoms with E-state index in [-0.39, 0.29) is 17.7 Å². The van der Waals surface area contributed by atoms with Crippen molar-refractivity contribution in [3.05, 3.63) is 22.4 Å². The van der Waals surface area contributed by atoms with Crippen molar-refractivity contribution >= 4 is 23.2 Å². The third kappa shape index (κ3) is 3.82. The third-order valence-electron chi connectivity index (χ3n) is 3.57. The summed E-state index contributed by atoms with van der Waals surface area (Å²) >= 11 is 1.39. The van der Waals surface area contributed by atoms with E-state index < -0.39 is 6.04 Å². The second-order valence-corrected chi connectivity index (χ2v) is 6.78. The first-order chi connectivity index (χ1) is 9.49. The van der Waals surface area contributed by atoms with Gasteiger partial charge in [-0.3, -0.25) is 9.59 Å². The highest BCUT2D eigenvalue weighted by molar-refractivity contribution is 7.12. The van der Waals surface area contributed by atoms with Crippen LogP contribution in [-0.2, 0) is 4.79 Å². The van der Waals surface area contributed by atoms with E-state index in [2.05, 4.69) is 5.32 Å². The van der Waals surface area contributed by atoms with Crippen molar-refractivity contribution in [2.45, 2.75) is 32.7 Å². The molecule has 0 aliphatic heterocycles. The first kappa shape index (κ1) is 15.0. The minimum Gasteiger partial charge on any atom is -0.344 e. The smallest absolute Gasteiger partial charge is 0.262 e. The maximum Gasteiger partial charge on any atom is 0.262 e. The van der Waals surface area contributed by atoms with E-state index in [1.165, 1.54) is 24.2 Å². The van der Waals surface area contributed by atoms with Gasteiger partial charge in [-0.1, -0.05) is 19.9 Å². The van der Waals surface area contributed by atoms with Crippen molar-refractivity contribution < 1.29 is 9.59 Å². The molecular weight excluding hydrogens is 272 g/mol. The number of rotatable bonds is 6. The summed E-state index contributed by atoms with van der Waals surface area (Å²) in [7, 11) is 1.83. The Morgan fingerprint density at radius 1 is 1.45 bits per heavy atom. The lowest BCUT2D eigenvalue weighted by Crippen LogP contribution is -2.50. The summed E-state index contributed by atoms with van der Waals surface area (Å²) in [5.74, 6) is 0.585. The van der Waals surface area contributed by atoms with Crippen LogP contribution >= 0.6 is 11.3 Å². The molecule has 1 N–H and O–H groups in total. The first-order valence-corrected chi connectivity index (χ1v) is 7.96. The molecule has 20 heavy (non-hydrogen) atoms. The van der Waals surface area contributed by atoms with Gasteiger partial charge in [0.05, 0.1) is 4.88 Å². The predicted octanol–water partition coefficient (Wildman–Crippen LogP) is 2.37. The minimum atomic E-state index is -0.451. The Balaban J connectivity index is 1.98. The molecule has 0 spiro atoms. The molecule has 0 aromatic carbocycles. The van der Waals surface area contributed by atoms with E-state index in [4.69, 9.17) is 0 Å². The molecule has 1 aromatic heterocycles. The highest BCUT2D eigenvalue weighted by Gasteiger charge is 2.31. The van der Waals surface area contributed by atoms with Crippen molar-refractivity contribution in [2.24, 2.45) is 11.8 Å². The van der Waals surface area contributed by atoms with Gasteiger partial charge in [0.2, 0.25) is 5.91 Å². The third-order valence-corrected chi connectivity index (χ3v) is 4.44. The normalized spacial score (nSPS) is 16.0. The molecule has 1 aliphatic carbocycles. The summed E-state index contributed by atoms with van der Waals surface area (Å²) in [4.78, 5) is 27.0. The Morgan fingerprint density at radius 2 is 2.15 bits per heavy atom. The lowest BCUT2D eigenvalue weighted by atomic mass is 10.0.